The third kappa shape index (κ3) is 5.21. The van der Waals surface area contributed by atoms with Crippen molar-refractivity contribution in [1.29, 1.82) is 0 Å². The van der Waals surface area contributed by atoms with Crippen molar-refractivity contribution >= 4 is 43.2 Å². The lowest BCUT2D eigenvalue weighted by molar-refractivity contribution is -0.150. The summed E-state index contributed by atoms with van der Waals surface area (Å²) in [6.45, 7) is 5.86. The Hall–Kier alpha value is -3.86. The van der Waals surface area contributed by atoms with E-state index in [0.717, 1.165) is 29.7 Å². The van der Waals surface area contributed by atoms with Gasteiger partial charge in [0.25, 0.3) is 5.91 Å². The van der Waals surface area contributed by atoms with Crippen molar-refractivity contribution in [1.82, 2.24) is 4.90 Å². The van der Waals surface area contributed by atoms with Crippen LogP contribution in [0, 0.1) is 5.92 Å². The summed E-state index contributed by atoms with van der Waals surface area (Å²) in [5, 5.41) is 9.89. The SMILES string of the molecule is C[C@H]1[C@H]([Si](C)(C)F)[C@@H](CC(=O)N2CCC[C@H]2CO)O[C@]12C(=O)N(Cc1ccccc1)c1ccc(N3C(=O)CCc4ccccc43)cc12. The van der Waals surface area contributed by atoms with Gasteiger partial charge in [0, 0.05) is 35.7 Å². The zero-order valence-electron chi connectivity index (χ0n) is 27.2. The Labute approximate surface area is 276 Å². The van der Waals surface area contributed by atoms with Gasteiger partial charge in [0.1, 0.15) is 0 Å². The predicted molar refractivity (Wildman–Crippen MR) is 180 cm³/mol. The van der Waals surface area contributed by atoms with Gasteiger partial charge in [-0.25, -0.2) is 0 Å². The van der Waals surface area contributed by atoms with Crippen LogP contribution < -0.4 is 9.80 Å². The molecule has 0 aliphatic carbocycles. The van der Waals surface area contributed by atoms with E-state index >= 15 is 4.11 Å². The minimum Gasteiger partial charge on any atom is -0.394 e. The van der Waals surface area contributed by atoms with Gasteiger partial charge in [-0.2, -0.15) is 0 Å². The van der Waals surface area contributed by atoms with Gasteiger partial charge in [0.15, 0.2) is 5.60 Å². The van der Waals surface area contributed by atoms with Gasteiger partial charge in [-0.15, -0.1) is 0 Å². The molecule has 10 heteroatoms. The van der Waals surface area contributed by atoms with E-state index in [1.807, 2.05) is 79.7 Å². The predicted octanol–water partition coefficient (Wildman–Crippen LogP) is 5.99. The largest absolute Gasteiger partial charge is 0.394 e. The lowest BCUT2D eigenvalue weighted by Gasteiger charge is -2.32. The quantitative estimate of drug-likeness (QED) is 0.250. The number of para-hydroxylation sites is 1. The number of halogens is 1. The van der Waals surface area contributed by atoms with E-state index in [9.17, 15) is 19.5 Å². The molecule has 1 N–H and O–H groups in total. The Morgan fingerprint density at radius 2 is 1.77 bits per heavy atom. The molecule has 5 atom stereocenters. The maximum absolute atomic E-state index is 16.5. The average molecular weight is 656 g/mol. The van der Waals surface area contributed by atoms with Crippen molar-refractivity contribution < 1.29 is 28.3 Å². The van der Waals surface area contributed by atoms with E-state index in [4.69, 9.17) is 4.74 Å². The number of anilines is 3. The second-order valence-corrected chi connectivity index (χ2v) is 17.8. The van der Waals surface area contributed by atoms with E-state index in [1.54, 1.807) is 27.8 Å². The molecule has 2 saturated heterocycles. The number of ether oxygens (including phenoxy) is 1. The molecule has 0 radical (unpaired) electrons. The van der Waals surface area contributed by atoms with Crippen LogP contribution in [0.1, 0.15) is 49.3 Å². The number of rotatable bonds is 7. The van der Waals surface area contributed by atoms with Crippen molar-refractivity contribution in [3.8, 4) is 0 Å². The van der Waals surface area contributed by atoms with Gasteiger partial charge in [-0.3, -0.25) is 19.3 Å². The summed E-state index contributed by atoms with van der Waals surface area (Å²) in [7, 11) is -3.51. The molecule has 4 aliphatic heterocycles. The number of aliphatic hydroxyl groups excluding tert-OH is 1. The molecular formula is C37H42FN3O5Si. The van der Waals surface area contributed by atoms with Crippen LogP contribution in [0.4, 0.5) is 21.2 Å². The molecule has 8 nitrogen and oxygen atoms in total. The van der Waals surface area contributed by atoms with Gasteiger partial charge in [-0.1, -0.05) is 55.5 Å². The molecule has 4 heterocycles. The van der Waals surface area contributed by atoms with E-state index in [1.165, 1.54) is 0 Å². The molecule has 0 bridgehead atoms. The maximum Gasteiger partial charge on any atom is 0.264 e. The van der Waals surface area contributed by atoms with Crippen LogP contribution in [-0.2, 0) is 37.7 Å². The molecule has 246 valence electrons. The Morgan fingerprint density at radius 1 is 1.02 bits per heavy atom. The van der Waals surface area contributed by atoms with Gasteiger partial charge < -0.3 is 23.8 Å². The first-order valence-electron chi connectivity index (χ1n) is 16.7. The van der Waals surface area contributed by atoms with Crippen LogP contribution in [0.15, 0.2) is 72.8 Å². The molecule has 1 spiro atoms. The fourth-order valence-corrected chi connectivity index (χ4v) is 11.1. The smallest absolute Gasteiger partial charge is 0.264 e. The summed E-state index contributed by atoms with van der Waals surface area (Å²) in [5.74, 6) is -1.08. The minimum atomic E-state index is -3.51. The van der Waals surface area contributed by atoms with Crippen molar-refractivity contribution in [2.24, 2.45) is 5.92 Å². The summed E-state index contributed by atoms with van der Waals surface area (Å²) in [6, 6.07) is 22.9. The van der Waals surface area contributed by atoms with Crippen LogP contribution in [0.5, 0.6) is 0 Å². The van der Waals surface area contributed by atoms with Crippen molar-refractivity contribution in [2.45, 2.75) is 82.0 Å². The maximum atomic E-state index is 16.5. The Bertz CT molecular complexity index is 1710. The number of aryl methyl sites for hydroxylation is 1. The zero-order valence-corrected chi connectivity index (χ0v) is 28.2. The Morgan fingerprint density at radius 3 is 2.51 bits per heavy atom. The number of nitrogens with zero attached hydrogens (tertiary/aromatic N) is 3. The highest BCUT2D eigenvalue weighted by Crippen LogP contribution is 2.61. The number of carbonyl (C=O) groups excluding carboxylic acids is 3. The van der Waals surface area contributed by atoms with Gasteiger partial charge in [-0.05, 0) is 67.7 Å². The number of benzene rings is 3. The molecule has 0 saturated carbocycles. The first-order chi connectivity index (χ1) is 22.5. The second kappa shape index (κ2) is 12.0. The van der Waals surface area contributed by atoms with E-state index in [-0.39, 0.29) is 36.8 Å². The number of hydrogen-bond donors (Lipinski definition) is 1. The second-order valence-electron chi connectivity index (χ2n) is 14.0. The molecule has 7 rings (SSSR count). The number of aliphatic hydroxyl groups is 1. The van der Waals surface area contributed by atoms with Gasteiger partial charge in [0.05, 0.1) is 43.1 Å². The van der Waals surface area contributed by atoms with Crippen LogP contribution in [0.3, 0.4) is 0 Å². The summed E-state index contributed by atoms with van der Waals surface area (Å²) >= 11 is 0. The summed E-state index contributed by atoms with van der Waals surface area (Å²) in [4.78, 5) is 47.2. The highest BCUT2D eigenvalue weighted by Gasteiger charge is 2.67. The third-order valence-electron chi connectivity index (χ3n) is 10.8. The van der Waals surface area contributed by atoms with Crippen LogP contribution in [0.2, 0.25) is 18.6 Å². The van der Waals surface area contributed by atoms with E-state index in [0.29, 0.717) is 42.9 Å². The van der Waals surface area contributed by atoms with Crippen LogP contribution in [-0.4, -0.2) is 61.4 Å². The van der Waals surface area contributed by atoms with Crippen LogP contribution in [0.25, 0.3) is 0 Å². The monoisotopic (exact) mass is 655 g/mol. The normalized spacial score (nSPS) is 27.1. The Balaban J connectivity index is 1.34. The molecular weight excluding hydrogens is 614 g/mol. The average Bonchev–Trinajstić information content (AvgIpc) is 3.72. The number of fused-ring (bicyclic) bond motifs is 3. The fraction of sp³-hybridized carbons (Fsp3) is 0.432. The van der Waals surface area contributed by atoms with Crippen molar-refractivity contribution in [3.63, 3.8) is 0 Å². The molecule has 47 heavy (non-hydrogen) atoms. The molecule has 0 aromatic heterocycles. The number of amides is 3. The minimum absolute atomic E-state index is 0.0359. The van der Waals surface area contributed by atoms with E-state index < -0.39 is 31.6 Å². The highest BCUT2D eigenvalue weighted by atomic mass is 28.4. The van der Waals surface area contributed by atoms with Gasteiger partial charge in [0.2, 0.25) is 20.2 Å². The molecule has 3 aromatic rings. The summed E-state index contributed by atoms with van der Waals surface area (Å²) in [5.41, 5.74) is 2.53. The number of carbonyl (C=O) groups is 3. The number of hydrogen-bond acceptors (Lipinski definition) is 5. The zero-order chi connectivity index (χ0) is 33.1. The topological polar surface area (TPSA) is 90.4 Å². The van der Waals surface area contributed by atoms with Crippen molar-refractivity contribution in [3.05, 3.63) is 89.5 Å². The standard InChI is InChI=1S/C37H42FN3O5Si/c1-24-35(47(2,3)38)32(21-34(44)39-19-9-13-28(39)23-42)46-37(24)29-20-27(41-30-14-8-7-12-26(30)15-18-33(41)43)16-17-31(29)40(36(37)45)22-25-10-5-4-6-11-25/h4-8,10-12,14,16-17,20,24,28,32,35,42H,9,13,15,18-19,21-23H2,1-3H3/t24-,28-,32+,35-,37+/m0/s1. The third-order valence-corrected chi connectivity index (χ3v) is 13.2. The van der Waals surface area contributed by atoms with Crippen molar-refractivity contribution in [2.75, 3.05) is 23.0 Å². The van der Waals surface area contributed by atoms with Gasteiger partial charge >= 0.3 is 0 Å². The molecule has 3 aromatic carbocycles. The summed E-state index contributed by atoms with van der Waals surface area (Å²) < 4.78 is 23.3. The van der Waals surface area contributed by atoms with E-state index in [2.05, 4.69) is 0 Å². The lowest BCUT2D eigenvalue weighted by Crippen LogP contribution is -2.45. The first-order valence-corrected chi connectivity index (χ1v) is 19.7. The van der Waals surface area contributed by atoms with Crippen LogP contribution >= 0.6 is 0 Å². The Kier molecular flexibility index (Phi) is 8.09. The molecule has 0 unspecified atom stereocenters. The summed E-state index contributed by atoms with van der Waals surface area (Å²) in [6.07, 6.45) is 1.67. The first kappa shape index (κ1) is 31.7. The lowest BCUT2D eigenvalue weighted by atomic mass is 9.82. The number of likely N-dealkylation sites (tertiary alicyclic amines) is 1. The highest BCUT2D eigenvalue weighted by molar-refractivity contribution is 6.72. The fourth-order valence-electron chi connectivity index (χ4n) is 8.65. The molecule has 4 aliphatic rings. The molecule has 3 amide bonds. The molecule has 2 fully saturated rings.